The van der Waals surface area contributed by atoms with Gasteiger partial charge in [0, 0.05) is 31.7 Å². The molecule has 1 aromatic rings. The highest BCUT2D eigenvalue weighted by molar-refractivity contribution is 5.80. The van der Waals surface area contributed by atoms with Gasteiger partial charge in [0.2, 0.25) is 5.91 Å². The first-order valence-corrected chi connectivity index (χ1v) is 8.27. The lowest BCUT2D eigenvalue weighted by Gasteiger charge is -2.32. The first-order chi connectivity index (χ1) is 11.1. The zero-order valence-corrected chi connectivity index (χ0v) is 13.2. The molecule has 2 aliphatic rings. The van der Waals surface area contributed by atoms with Crippen LogP contribution < -0.4 is 0 Å². The number of nitrogens with zero attached hydrogens (tertiary/aromatic N) is 3. The summed E-state index contributed by atoms with van der Waals surface area (Å²) in [6, 6.07) is 5.92. The number of aliphatic carboxylic acids is 1. The Morgan fingerprint density at radius 3 is 2.48 bits per heavy atom. The predicted octanol–water partition coefficient (Wildman–Crippen LogP) is 1.23. The molecule has 0 aliphatic carbocycles. The van der Waals surface area contributed by atoms with Crippen LogP contribution in [0.15, 0.2) is 24.4 Å². The van der Waals surface area contributed by atoms with Crippen LogP contribution in [-0.2, 0) is 16.1 Å². The molecule has 6 nitrogen and oxygen atoms in total. The fraction of sp³-hybridized carbons (Fsp3) is 0.588. The number of aromatic nitrogens is 1. The summed E-state index contributed by atoms with van der Waals surface area (Å²) >= 11 is 0. The van der Waals surface area contributed by atoms with Crippen molar-refractivity contribution in [2.24, 2.45) is 11.8 Å². The van der Waals surface area contributed by atoms with Gasteiger partial charge in [-0.1, -0.05) is 6.07 Å². The van der Waals surface area contributed by atoms with E-state index in [9.17, 15) is 9.59 Å². The molecule has 2 aliphatic heterocycles. The van der Waals surface area contributed by atoms with Gasteiger partial charge in [-0.15, -0.1) is 0 Å². The number of rotatable bonds is 4. The number of carbonyl (C=O) groups is 2. The molecule has 1 unspecified atom stereocenters. The van der Waals surface area contributed by atoms with E-state index in [1.165, 1.54) is 0 Å². The first kappa shape index (κ1) is 15.9. The van der Waals surface area contributed by atoms with E-state index in [4.69, 9.17) is 5.11 Å². The number of piperidine rings is 1. The Kier molecular flexibility index (Phi) is 4.91. The Hall–Kier alpha value is -1.95. The molecule has 1 atom stereocenters. The van der Waals surface area contributed by atoms with Gasteiger partial charge in [0.15, 0.2) is 0 Å². The van der Waals surface area contributed by atoms with E-state index in [0.717, 1.165) is 38.2 Å². The first-order valence-electron chi connectivity index (χ1n) is 8.27. The molecule has 0 aromatic carbocycles. The smallest absolute Gasteiger partial charge is 0.308 e. The van der Waals surface area contributed by atoms with Crippen LogP contribution in [0.2, 0.25) is 0 Å². The van der Waals surface area contributed by atoms with Crippen LogP contribution in [0.1, 0.15) is 25.0 Å². The van der Waals surface area contributed by atoms with Crippen LogP contribution >= 0.6 is 0 Å². The summed E-state index contributed by atoms with van der Waals surface area (Å²) in [4.78, 5) is 32.0. The maximum Gasteiger partial charge on any atom is 0.308 e. The standard InChI is InChI=1S/C17H23N3O3/c21-16(20-10-6-14(11-20)17(22)23)13-4-8-19(9-5-13)12-15-3-1-2-7-18-15/h1-3,7,13-14H,4-6,8-12H2,(H,22,23). The van der Waals surface area contributed by atoms with Crippen LogP contribution in [-0.4, -0.2) is 57.9 Å². The Labute approximate surface area is 136 Å². The average molecular weight is 317 g/mol. The summed E-state index contributed by atoms with van der Waals surface area (Å²) in [6.07, 6.45) is 4.08. The number of hydrogen-bond donors (Lipinski definition) is 1. The highest BCUT2D eigenvalue weighted by Gasteiger charge is 2.35. The molecule has 1 N–H and O–H groups in total. The Morgan fingerprint density at radius 1 is 1.13 bits per heavy atom. The number of carboxylic acid groups (broad SMARTS) is 1. The van der Waals surface area contributed by atoms with Gasteiger partial charge >= 0.3 is 5.97 Å². The van der Waals surface area contributed by atoms with Gasteiger partial charge in [0.1, 0.15) is 0 Å². The molecule has 2 fully saturated rings. The Bertz CT molecular complexity index is 555. The number of likely N-dealkylation sites (tertiary alicyclic amines) is 2. The summed E-state index contributed by atoms with van der Waals surface area (Å²) in [7, 11) is 0. The van der Waals surface area contributed by atoms with Crippen molar-refractivity contribution in [1.82, 2.24) is 14.8 Å². The lowest BCUT2D eigenvalue weighted by atomic mass is 9.95. The number of amides is 1. The quantitative estimate of drug-likeness (QED) is 0.904. The molecule has 1 amide bonds. The number of carbonyl (C=O) groups excluding carboxylic acids is 1. The zero-order valence-electron chi connectivity index (χ0n) is 13.2. The van der Waals surface area contributed by atoms with E-state index in [1.807, 2.05) is 18.2 Å². The molecule has 3 heterocycles. The normalized spacial score (nSPS) is 23.1. The molecule has 0 radical (unpaired) electrons. The molecule has 3 rings (SSSR count). The van der Waals surface area contributed by atoms with Gasteiger partial charge in [-0.25, -0.2) is 0 Å². The lowest BCUT2D eigenvalue weighted by molar-refractivity contribution is -0.141. The predicted molar refractivity (Wildman–Crippen MR) is 84.6 cm³/mol. The van der Waals surface area contributed by atoms with Crippen LogP contribution in [0.4, 0.5) is 0 Å². The summed E-state index contributed by atoms with van der Waals surface area (Å²) < 4.78 is 0. The number of carboxylic acids is 1. The molecule has 0 saturated carbocycles. The van der Waals surface area contributed by atoms with E-state index in [-0.39, 0.29) is 17.7 Å². The number of pyridine rings is 1. The Morgan fingerprint density at radius 2 is 1.87 bits per heavy atom. The van der Waals surface area contributed by atoms with Crippen molar-refractivity contribution >= 4 is 11.9 Å². The van der Waals surface area contributed by atoms with Gasteiger partial charge in [0.25, 0.3) is 0 Å². The molecule has 124 valence electrons. The topological polar surface area (TPSA) is 73.7 Å². The Balaban J connectivity index is 1.47. The second-order valence-electron chi connectivity index (χ2n) is 6.48. The maximum atomic E-state index is 12.5. The van der Waals surface area contributed by atoms with Crippen molar-refractivity contribution in [3.05, 3.63) is 30.1 Å². The summed E-state index contributed by atoms with van der Waals surface area (Å²) in [5, 5.41) is 9.05. The molecule has 0 bridgehead atoms. The largest absolute Gasteiger partial charge is 0.481 e. The SMILES string of the molecule is O=C(O)C1CCN(C(=O)C2CCN(Cc3ccccn3)CC2)C1. The molecule has 1 aromatic heterocycles. The van der Waals surface area contributed by atoms with Crippen LogP contribution in [0.3, 0.4) is 0 Å². The van der Waals surface area contributed by atoms with Crippen molar-refractivity contribution in [1.29, 1.82) is 0 Å². The van der Waals surface area contributed by atoms with Gasteiger partial charge in [-0.05, 0) is 44.5 Å². The fourth-order valence-electron chi connectivity index (χ4n) is 3.48. The van der Waals surface area contributed by atoms with E-state index in [0.29, 0.717) is 19.5 Å². The van der Waals surface area contributed by atoms with Crippen molar-refractivity contribution in [2.75, 3.05) is 26.2 Å². The second kappa shape index (κ2) is 7.08. The van der Waals surface area contributed by atoms with Gasteiger partial charge in [0.05, 0.1) is 11.6 Å². The van der Waals surface area contributed by atoms with E-state index < -0.39 is 5.97 Å². The lowest BCUT2D eigenvalue weighted by Crippen LogP contribution is -2.41. The minimum atomic E-state index is -0.787. The summed E-state index contributed by atoms with van der Waals surface area (Å²) in [5.41, 5.74) is 1.06. The van der Waals surface area contributed by atoms with Crippen molar-refractivity contribution < 1.29 is 14.7 Å². The maximum absolute atomic E-state index is 12.5. The molecular formula is C17H23N3O3. The van der Waals surface area contributed by atoms with Gasteiger partial charge in [-0.3, -0.25) is 19.5 Å². The molecule has 0 spiro atoms. The third-order valence-corrected chi connectivity index (χ3v) is 4.90. The highest BCUT2D eigenvalue weighted by Crippen LogP contribution is 2.24. The molecule has 23 heavy (non-hydrogen) atoms. The van der Waals surface area contributed by atoms with Crippen molar-refractivity contribution in [3.63, 3.8) is 0 Å². The zero-order chi connectivity index (χ0) is 16.2. The molecule has 6 heteroatoms. The molecule has 2 saturated heterocycles. The van der Waals surface area contributed by atoms with E-state index in [2.05, 4.69) is 9.88 Å². The monoisotopic (exact) mass is 317 g/mol. The van der Waals surface area contributed by atoms with Gasteiger partial charge in [-0.2, -0.15) is 0 Å². The number of hydrogen-bond acceptors (Lipinski definition) is 4. The molecular weight excluding hydrogens is 294 g/mol. The minimum Gasteiger partial charge on any atom is -0.481 e. The average Bonchev–Trinajstić information content (AvgIpc) is 3.06. The van der Waals surface area contributed by atoms with E-state index >= 15 is 0 Å². The summed E-state index contributed by atoms with van der Waals surface area (Å²) in [6.45, 7) is 3.57. The highest BCUT2D eigenvalue weighted by atomic mass is 16.4. The van der Waals surface area contributed by atoms with Crippen LogP contribution in [0, 0.1) is 11.8 Å². The van der Waals surface area contributed by atoms with Crippen molar-refractivity contribution in [2.45, 2.75) is 25.8 Å². The second-order valence-corrected chi connectivity index (χ2v) is 6.48. The van der Waals surface area contributed by atoms with Crippen molar-refractivity contribution in [3.8, 4) is 0 Å². The van der Waals surface area contributed by atoms with E-state index in [1.54, 1.807) is 11.1 Å². The third kappa shape index (κ3) is 3.88. The van der Waals surface area contributed by atoms with Crippen LogP contribution in [0.5, 0.6) is 0 Å². The van der Waals surface area contributed by atoms with Crippen LogP contribution in [0.25, 0.3) is 0 Å². The fourth-order valence-corrected chi connectivity index (χ4v) is 3.48. The third-order valence-electron chi connectivity index (χ3n) is 4.90. The summed E-state index contributed by atoms with van der Waals surface area (Å²) in [5.74, 6) is -0.984. The van der Waals surface area contributed by atoms with Gasteiger partial charge < -0.3 is 10.0 Å². The minimum absolute atomic E-state index is 0.0440.